The number of hydrogen-bond donors (Lipinski definition) is 0. The van der Waals surface area contributed by atoms with Gasteiger partial charge in [-0.25, -0.2) is 8.42 Å². The fraction of sp³-hybridized carbons (Fsp3) is 0.240. The van der Waals surface area contributed by atoms with Crippen LogP contribution in [0, 0.1) is 6.92 Å². The van der Waals surface area contributed by atoms with Gasteiger partial charge in [-0.2, -0.15) is 4.98 Å². The molecule has 1 aromatic heterocycles. The van der Waals surface area contributed by atoms with E-state index in [9.17, 15) is 13.2 Å². The van der Waals surface area contributed by atoms with E-state index in [0.717, 1.165) is 27.1 Å². The van der Waals surface area contributed by atoms with Gasteiger partial charge in [-0.05, 0) is 66.6 Å². The summed E-state index contributed by atoms with van der Waals surface area (Å²) in [6, 6.07) is 14.5. The number of unbranched alkanes of at least 4 members (excludes halogenated alkanes) is 1. The number of fused-ring (bicyclic) bond motifs is 1. The lowest BCUT2D eigenvalue weighted by molar-refractivity contribution is -0.141. The summed E-state index contributed by atoms with van der Waals surface area (Å²) in [7, 11) is -4.21. The third kappa shape index (κ3) is 5.80. The zero-order chi connectivity index (χ0) is 25.9. The normalized spacial score (nSPS) is 11.6. The Hall–Kier alpha value is -3.14. The number of aryl methyl sites for hydroxylation is 1. The zero-order valence-corrected chi connectivity index (χ0v) is 21.9. The van der Waals surface area contributed by atoms with Gasteiger partial charge in [0.2, 0.25) is 0 Å². The van der Waals surface area contributed by atoms with Crippen molar-refractivity contribution in [2.45, 2.75) is 31.6 Å². The van der Waals surface area contributed by atoms with E-state index in [1.54, 1.807) is 31.2 Å². The number of aromatic nitrogens is 2. The molecule has 8 nitrogen and oxygen atoms in total. The summed E-state index contributed by atoms with van der Waals surface area (Å²) in [4.78, 5) is 16.7. The molecule has 188 valence electrons. The molecule has 4 aromatic rings. The summed E-state index contributed by atoms with van der Waals surface area (Å²) in [5, 5.41) is 5.70. The molecule has 4 rings (SSSR count). The van der Waals surface area contributed by atoms with E-state index < -0.39 is 22.5 Å². The van der Waals surface area contributed by atoms with Crippen LogP contribution in [0.25, 0.3) is 22.2 Å². The lowest BCUT2D eigenvalue weighted by Crippen LogP contribution is -2.36. The van der Waals surface area contributed by atoms with E-state index in [2.05, 4.69) is 10.1 Å². The van der Waals surface area contributed by atoms with Crippen LogP contribution < -0.4 is 4.31 Å². The molecule has 36 heavy (non-hydrogen) atoms. The average Bonchev–Trinajstić information content (AvgIpc) is 3.27. The SMILES string of the molecule is CCCCOC(=O)CN(c1ccc2cc(-c3nc(C)no3)ccc2c1)S(=O)(=O)c1cc(Cl)cc(Cl)c1. The predicted molar refractivity (Wildman–Crippen MR) is 139 cm³/mol. The van der Waals surface area contributed by atoms with E-state index in [1.807, 2.05) is 19.1 Å². The van der Waals surface area contributed by atoms with Crippen molar-refractivity contribution < 1.29 is 22.5 Å². The minimum Gasteiger partial charge on any atom is -0.464 e. The molecule has 0 aliphatic heterocycles. The highest BCUT2D eigenvalue weighted by atomic mass is 35.5. The number of nitrogens with zero attached hydrogens (tertiary/aromatic N) is 3. The van der Waals surface area contributed by atoms with Gasteiger partial charge in [0.15, 0.2) is 5.82 Å². The van der Waals surface area contributed by atoms with Crippen molar-refractivity contribution in [2.24, 2.45) is 0 Å². The van der Waals surface area contributed by atoms with Gasteiger partial charge in [0, 0.05) is 15.6 Å². The molecule has 0 atom stereocenters. The van der Waals surface area contributed by atoms with E-state index in [1.165, 1.54) is 18.2 Å². The van der Waals surface area contributed by atoms with Crippen molar-refractivity contribution in [2.75, 3.05) is 17.5 Å². The number of carbonyl (C=O) groups is 1. The van der Waals surface area contributed by atoms with Crippen LogP contribution in [0.15, 0.2) is 64.0 Å². The number of ether oxygens (including phenoxy) is 1. The molecule has 0 amide bonds. The number of anilines is 1. The molecule has 0 saturated carbocycles. The van der Waals surface area contributed by atoms with Gasteiger partial charge < -0.3 is 9.26 Å². The number of sulfonamides is 1. The average molecular weight is 548 g/mol. The van der Waals surface area contributed by atoms with Crippen LogP contribution in [-0.2, 0) is 19.6 Å². The Kier molecular flexibility index (Phi) is 7.82. The minimum atomic E-state index is -4.21. The molecule has 0 unspecified atom stereocenters. The monoisotopic (exact) mass is 547 g/mol. The topological polar surface area (TPSA) is 103 Å². The first kappa shape index (κ1) is 25.9. The Bertz CT molecular complexity index is 1500. The van der Waals surface area contributed by atoms with Gasteiger partial charge in [-0.1, -0.05) is 53.8 Å². The number of halogens is 2. The minimum absolute atomic E-state index is 0.136. The summed E-state index contributed by atoms with van der Waals surface area (Å²) in [6.07, 6.45) is 1.52. The number of hydrogen-bond acceptors (Lipinski definition) is 7. The first-order chi connectivity index (χ1) is 17.2. The summed E-state index contributed by atoms with van der Waals surface area (Å²) < 4.78 is 38.8. The first-order valence-electron chi connectivity index (χ1n) is 11.2. The van der Waals surface area contributed by atoms with Crippen LogP contribution in [0.5, 0.6) is 0 Å². The molecule has 0 bridgehead atoms. The van der Waals surface area contributed by atoms with Crippen LogP contribution in [0.2, 0.25) is 10.0 Å². The number of rotatable bonds is 9. The van der Waals surface area contributed by atoms with Gasteiger partial charge in [-0.3, -0.25) is 9.10 Å². The maximum Gasteiger partial charge on any atom is 0.326 e. The second kappa shape index (κ2) is 10.9. The highest BCUT2D eigenvalue weighted by Gasteiger charge is 2.29. The number of benzene rings is 3. The number of carbonyl (C=O) groups excluding carboxylic acids is 1. The Morgan fingerprint density at radius 3 is 2.39 bits per heavy atom. The third-order valence-electron chi connectivity index (χ3n) is 5.34. The molecule has 0 aliphatic carbocycles. The third-order valence-corrected chi connectivity index (χ3v) is 7.53. The van der Waals surface area contributed by atoms with E-state index in [0.29, 0.717) is 18.1 Å². The Balaban J connectivity index is 1.74. The van der Waals surface area contributed by atoms with Crippen LogP contribution in [0.1, 0.15) is 25.6 Å². The summed E-state index contributed by atoms with van der Waals surface area (Å²) in [5.74, 6) is 0.242. The zero-order valence-electron chi connectivity index (χ0n) is 19.6. The lowest BCUT2D eigenvalue weighted by atomic mass is 10.1. The van der Waals surface area contributed by atoms with Crippen molar-refractivity contribution in [3.8, 4) is 11.5 Å². The molecular weight excluding hydrogens is 525 g/mol. The maximum absolute atomic E-state index is 13.7. The van der Waals surface area contributed by atoms with Gasteiger partial charge in [0.25, 0.3) is 15.9 Å². The van der Waals surface area contributed by atoms with Crippen LogP contribution in [0.3, 0.4) is 0 Å². The van der Waals surface area contributed by atoms with Crippen LogP contribution in [-0.4, -0.2) is 37.7 Å². The highest BCUT2D eigenvalue weighted by molar-refractivity contribution is 7.92. The molecular formula is C25H23Cl2N3O5S. The molecule has 1 heterocycles. The Morgan fingerprint density at radius 2 is 1.72 bits per heavy atom. The Labute approximate surface area is 218 Å². The van der Waals surface area contributed by atoms with E-state index >= 15 is 0 Å². The van der Waals surface area contributed by atoms with Crippen molar-refractivity contribution in [3.63, 3.8) is 0 Å². The second-order valence-corrected chi connectivity index (χ2v) is 10.8. The van der Waals surface area contributed by atoms with Gasteiger partial charge >= 0.3 is 5.97 Å². The molecule has 0 N–H and O–H groups in total. The van der Waals surface area contributed by atoms with Gasteiger partial charge in [-0.15, -0.1) is 0 Å². The van der Waals surface area contributed by atoms with Crippen LogP contribution in [0.4, 0.5) is 5.69 Å². The second-order valence-electron chi connectivity index (χ2n) is 8.08. The molecule has 3 aromatic carbocycles. The molecule has 0 spiro atoms. The summed E-state index contributed by atoms with van der Waals surface area (Å²) in [6.45, 7) is 3.40. The van der Waals surface area contributed by atoms with Crippen molar-refractivity contribution in [1.29, 1.82) is 0 Å². The number of esters is 1. The van der Waals surface area contributed by atoms with Crippen LogP contribution >= 0.6 is 23.2 Å². The standard InChI is InChI=1S/C25H23Cl2N3O5S/c1-3-4-9-34-24(31)15-30(36(32,33)23-13-20(26)12-21(27)14-23)22-8-7-17-10-19(6-5-18(17)11-22)25-28-16(2)29-35-25/h5-8,10-14H,3-4,9,15H2,1-2H3. The molecule has 11 heteroatoms. The summed E-state index contributed by atoms with van der Waals surface area (Å²) in [5.41, 5.74) is 1.01. The predicted octanol–water partition coefficient (Wildman–Crippen LogP) is 6.04. The Morgan fingerprint density at radius 1 is 1.03 bits per heavy atom. The maximum atomic E-state index is 13.7. The van der Waals surface area contributed by atoms with Gasteiger partial charge in [0.1, 0.15) is 6.54 Å². The fourth-order valence-electron chi connectivity index (χ4n) is 3.55. The molecule has 0 fully saturated rings. The molecule has 0 radical (unpaired) electrons. The van der Waals surface area contributed by atoms with E-state index in [-0.39, 0.29) is 27.2 Å². The summed E-state index contributed by atoms with van der Waals surface area (Å²) >= 11 is 12.1. The van der Waals surface area contributed by atoms with Crippen molar-refractivity contribution in [3.05, 3.63) is 70.5 Å². The van der Waals surface area contributed by atoms with Crippen molar-refractivity contribution in [1.82, 2.24) is 10.1 Å². The van der Waals surface area contributed by atoms with Crippen molar-refractivity contribution >= 4 is 55.7 Å². The fourth-order valence-corrected chi connectivity index (χ4v) is 5.68. The largest absolute Gasteiger partial charge is 0.464 e. The van der Waals surface area contributed by atoms with E-state index in [4.69, 9.17) is 32.5 Å². The molecule has 0 saturated heterocycles. The first-order valence-corrected chi connectivity index (χ1v) is 13.4. The smallest absolute Gasteiger partial charge is 0.326 e. The van der Waals surface area contributed by atoms with Gasteiger partial charge in [0.05, 0.1) is 17.2 Å². The highest BCUT2D eigenvalue weighted by Crippen LogP contribution is 2.31. The molecule has 0 aliphatic rings. The lowest BCUT2D eigenvalue weighted by Gasteiger charge is -2.24. The quantitative estimate of drug-likeness (QED) is 0.186.